The summed E-state index contributed by atoms with van der Waals surface area (Å²) in [5.41, 5.74) is 4.94. The number of rotatable bonds is 11. The molecule has 0 spiro atoms. The highest BCUT2D eigenvalue weighted by atomic mass is 16.5. The molecule has 4 heterocycles. The number of alkyl carbamates (subject to hydrolysis) is 2. The largest absolute Gasteiger partial charge is 0.453 e. The van der Waals surface area contributed by atoms with Gasteiger partial charge in [0, 0.05) is 31.4 Å². The summed E-state index contributed by atoms with van der Waals surface area (Å²) in [4.78, 5) is 68.7. The second-order valence-corrected chi connectivity index (χ2v) is 16.0. The molecule has 0 bridgehead atoms. The zero-order chi connectivity index (χ0) is 40.4. The molecule has 56 heavy (non-hydrogen) atoms. The van der Waals surface area contributed by atoms with Crippen molar-refractivity contribution < 1.29 is 28.7 Å². The molecule has 1 aromatic heterocycles. The van der Waals surface area contributed by atoms with E-state index in [2.05, 4.69) is 64.1 Å². The standard InChI is InChI=1S/C43H55N7O6/c1-26(2)42(5,47-40(53)55-7)38(51)49-21-9-11-35(49)33-23-32(24-44-33)30-15-13-28(14-16-30)29-17-19-31(20-18-29)34-25-45-37(46-34)36-12-10-22-50(36)39(52)43(6,27(3)4)48-41(54)56-8/h13-20,24-27,35-36H,9-12,21-23H2,1-8H3,(H,45,46)(H,47,53)(H,48,54)/t35-,36-,42-,43-/m0/s1. The van der Waals surface area contributed by atoms with Crippen LogP contribution >= 0.6 is 0 Å². The van der Waals surface area contributed by atoms with Crippen LogP contribution in [0.2, 0.25) is 0 Å². The predicted molar refractivity (Wildman–Crippen MR) is 215 cm³/mol. The summed E-state index contributed by atoms with van der Waals surface area (Å²) in [6.45, 7) is 12.4. The Labute approximate surface area is 329 Å². The molecule has 3 aliphatic heterocycles. The Kier molecular flexibility index (Phi) is 11.7. The molecule has 0 aliphatic carbocycles. The number of aliphatic imine (C=N–C) groups is 1. The Morgan fingerprint density at radius 2 is 1.20 bits per heavy atom. The summed E-state index contributed by atoms with van der Waals surface area (Å²) >= 11 is 0. The second kappa shape index (κ2) is 16.3. The minimum absolute atomic E-state index is 0.117. The molecule has 298 valence electrons. The number of hydrogen-bond acceptors (Lipinski definition) is 8. The second-order valence-electron chi connectivity index (χ2n) is 16.0. The molecule has 2 aromatic carbocycles. The molecule has 13 nitrogen and oxygen atoms in total. The van der Waals surface area contributed by atoms with E-state index in [0.717, 1.165) is 70.7 Å². The van der Waals surface area contributed by atoms with Gasteiger partial charge in [0.15, 0.2) is 0 Å². The number of aromatic nitrogens is 2. The fraction of sp³-hybridized carbons (Fsp3) is 0.488. The number of likely N-dealkylation sites (tertiary alicyclic amines) is 2. The summed E-state index contributed by atoms with van der Waals surface area (Å²) in [6, 6.07) is 16.4. The lowest BCUT2D eigenvalue weighted by molar-refractivity contribution is -0.140. The molecule has 4 amide bonds. The zero-order valence-corrected chi connectivity index (χ0v) is 33.8. The molecular weight excluding hydrogens is 711 g/mol. The monoisotopic (exact) mass is 765 g/mol. The third kappa shape index (κ3) is 7.81. The van der Waals surface area contributed by atoms with Crippen molar-refractivity contribution in [2.75, 3.05) is 27.3 Å². The van der Waals surface area contributed by atoms with Crippen molar-refractivity contribution in [3.05, 3.63) is 72.3 Å². The Balaban J connectivity index is 1.09. The highest BCUT2D eigenvalue weighted by Gasteiger charge is 2.47. The van der Waals surface area contributed by atoms with Crippen molar-refractivity contribution in [2.24, 2.45) is 16.8 Å². The number of imidazole rings is 1. The van der Waals surface area contributed by atoms with Crippen LogP contribution in [0.25, 0.3) is 28.0 Å². The number of methoxy groups -OCH3 is 2. The number of ether oxygens (including phenoxy) is 2. The van der Waals surface area contributed by atoms with Crippen molar-refractivity contribution in [1.82, 2.24) is 30.4 Å². The molecule has 6 rings (SSSR count). The van der Waals surface area contributed by atoms with Crippen LogP contribution in [0.3, 0.4) is 0 Å². The molecule has 0 saturated carbocycles. The minimum Gasteiger partial charge on any atom is -0.453 e. The van der Waals surface area contributed by atoms with Crippen LogP contribution in [-0.4, -0.2) is 93.9 Å². The van der Waals surface area contributed by atoms with Crippen molar-refractivity contribution in [3.8, 4) is 22.4 Å². The summed E-state index contributed by atoms with van der Waals surface area (Å²) in [7, 11) is 2.60. The molecule has 3 N–H and O–H groups in total. The Hall–Kier alpha value is -5.46. The molecule has 2 saturated heterocycles. The van der Waals surface area contributed by atoms with Gasteiger partial charge in [0.2, 0.25) is 11.8 Å². The van der Waals surface area contributed by atoms with Gasteiger partial charge in [0.25, 0.3) is 0 Å². The zero-order valence-electron chi connectivity index (χ0n) is 33.8. The molecule has 0 unspecified atom stereocenters. The van der Waals surface area contributed by atoms with E-state index in [9.17, 15) is 19.2 Å². The van der Waals surface area contributed by atoms with Gasteiger partial charge < -0.3 is 34.9 Å². The first-order valence-corrected chi connectivity index (χ1v) is 19.6. The number of carbonyl (C=O) groups is 4. The fourth-order valence-electron chi connectivity index (χ4n) is 7.86. The molecule has 2 fully saturated rings. The number of allylic oxidation sites excluding steroid dienone is 1. The van der Waals surface area contributed by atoms with Gasteiger partial charge in [0.05, 0.1) is 38.2 Å². The van der Waals surface area contributed by atoms with E-state index in [1.807, 2.05) is 49.9 Å². The van der Waals surface area contributed by atoms with E-state index in [1.54, 1.807) is 13.8 Å². The van der Waals surface area contributed by atoms with E-state index in [0.29, 0.717) is 19.5 Å². The van der Waals surface area contributed by atoms with Crippen LogP contribution in [-0.2, 0) is 19.1 Å². The maximum absolute atomic E-state index is 13.9. The van der Waals surface area contributed by atoms with Crippen LogP contribution < -0.4 is 10.6 Å². The lowest BCUT2D eigenvalue weighted by Gasteiger charge is -2.38. The van der Waals surface area contributed by atoms with Gasteiger partial charge in [-0.15, -0.1) is 0 Å². The van der Waals surface area contributed by atoms with Crippen LogP contribution in [0.1, 0.15) is 91.1 Å². The number of nitrogens with zero attached hydrogens (tertiary/aromatic N) is 4. The maximum Gasteiger partial charge on any atom is 0.407 e. The van der Waals surface area contributed by atoms with Crippen molar-refractivity contribution in [3.63, 3.8) is 0 Å². The normalized spacial score (nSPS) is 20.3. The number of aromatic amines is 1. The third-order valence-electron chi connectivity index (χ3n) is 12.2. The average molecular weight is 766 g/mol. The number of amides is 4. The molecular formula is C43H55N7O6. The highest BCUT2D eigenvalue weighted by molar-refractivity contribution is 6.04. The molecule has 3 aliphatic rings. The first-order valence-electron chi connectivity index (χ1n) is 19.6. The first kappa shape index (κ1) is 40.2. The average Bonchev–Trinajstić information content (AvgIpc) is 4.04. The van der Waals surface area contributed by atoms with E-state index in [-0.39, 0.29) is 35.7 Å². The topological polar surface area (TPSA) is 158 Å². The quantitative estimate of drug-likeness (QED) is 0.188. The summed E-state index contributed by atoms with van der Waals surface area (Å²) < 4.78 is 9.65. The maximum atomic E-state index is 13.9. The first-order chi connectivity index (χ1) is 26.7. The summed E-state index contributed by atoms with van der Waals surface area (Å²) in [5.74, 6) is 0.157. The Bertz CT molecular complexity index is 2000. The number of H-pyrrole nitrogens is 1. The minimum atomic E-state index is -1.12. The van der Waals surface area contributed by atoms with Crippen LogP contribution in [0, 0.1) is 11.8 Å². The van der Waals surface area contributed by atoms with Crippen LogP contribution in [0.5, 0.6) is 0 Å². The molecule has 3 aromatic rings. The SMILES string of the molecule is COC(=O)N[C@](C)(C(=O)N1CCC[C@H]1C1=NC=C(c2ccc(-c3ccc(-c4cnc([C@@H]5CCCN5C(=O)[C@@](C)(NC(=O)OC)C(C)C)[nH]4)cc3)cc2)C1)C(C)C. The van der Waals surface area contributed by atoms with Gasteiger partial charge >= 0.3 is 12.2 Å². The number of hydrogen-bond donors (Lipinski definition) is 3. The summed E-state index contributed by atoms with van der Waals surface area (Å²) in [6.07, 6.45) is 6.45. The van der Waals surface area contributed by atoms with E-state index < -0.39 is 23.3 Å². The van der Waals surface area contributed by atoms with Gasteiger partial charge in [-0.3, -0.25) is 14.6 Å². The van der Waals surface area contributed by atoms with Gasteiger partial charge in [0.1, 0.15) is 16.9 Å². The molecule has 0 radical (unpaired) electrons. The molecule has 13 heteroatoms. The smallest absolute Gasteiger partial charge is 0.407 e. The Morgan fingerprint density at radius 3 is 1.70 bits per heavy atom. The van der Waals surface area contributed by atoms with E-state index >= 15 is 0 Å². The van der Waals surface area contributed by atoms with Gasteiger partial charge in [-0.05, 0) is 79.2 Å². The van der Waals surface area contributed by atoms with E-state index in [1.165, 1.54) is 14.2 Å². The molecule has 4 atom stereocenters. The highest BCUT2D eigenvalue weighted by Crippen LogP contribution is 2.36. The van der Waals surface area contributed by atoms with Gasteiger partial charge in [-0.2, -0.15) is 0 Å². The Morgan fingerprint density at radius 1 is 0.732 bits per heavy atom. The lowest BCUT2D eigenvalue weighted by atomic mass is 9.86. The van der Waals surface area contributed by atoms with Crippen LogP contribution in [0.4, 0.5) is 9.59 Å². The number of nitrogens with one attached hydrogen (secondary N) is 3. The fourth-order valence-corrected chi connectivity index (χ4v) is 7.86. The van der Waals surface area contributed by atoms with E-state index in [4.69, 9.17) is 19.5 Å². The third-order valence-corrected chi connectivity index (χ3v) is 12.2. The van der Waals surface area contributed by atoms with Crippen molar-refractivity contribution >= 4 is 35.3 Å². The van der Waals surface area contributed by atoms with Gasteiger partial charge in [-0.1, -0.05) is 76.2 Å². The lowest BCUT2D eigenvalue weighted by Crippen LogP contribution is -2.62. The number of benzene rings is 2. The number of carbonyl (C=O) groups excluding carboxylic acids is 4. The van der Waals surface area contributed by atoms with Crippen molar-refractivity contribution in [2.45, 2.75) is 96.8 Å². The predicted octanol–water partition coefficient (Wildman–Crippen LogP) is 7.13. The van der Waals surface area contributed by atoms with Gasteiger partial charge in [-0.25, -0.2) is 14.6 Å². The van der Waals surface area contributed by atoms with Crippen molar-refractivity contribution in [1.29, 1.82) is 0 Å². The summed E-state index contributed by atoms with van der Waals surface area (Å²) in [5, 5.41) is 5.56. The van der Waals surface area contributed by atoms with Crippen LogP contribution in [0.15, 0.2) is 65.9 Å².